The van der Waals surface area contributed by atoms with Gasteiger partial charge in [0.1, 0.15) is 0 Å². The van der Waals surface area contributed by atoms with Crippen molar-refractivity contribution < 1.29 is 4.79 Å². The number of anilines is 2. The van der Waals surface area contributed by atoms with Crippen molar-refractivity contribution in [3.63, 3.8) is 0 Å². The van der Waals surface area contributed by atoms with E-state index in [0.717, 1.165) is 26.5 Å². The summed E-state index contributed by atoms with van der Waals surface area (Å²) >= 11 is 4.83. The zero-order chi connectivity index (χ0) is 14.4. The van der Waals surface area contributed by atoms with E-state index >= 15 is 0 Å². The first-order valence-electron chi connectivity index (χ1n) is 5.58. The second-order valence-electron chi connectivity index (χ2n) is 3.57. The van der Waals surface area contributed by atoms with Crippen LogP contribution in [0.15, 0.2) is 42.1 Å². The normalized spacial score (nSPS) is 10.1. The number of carbonyl (C=O) groups is 1. The number of halogens is 1. The van der Waals surface area contributed by atoms with Crippen molar-refractivity contribution in [3.05, 3.63) is 40.5 Å². The molecule has 0 radical (unpaired) electrons. The summed E-state index contributed by atoms with van der Waals surface area (Å²) in [6, 6.07) is 7.19. The Morgan fingerprint density at radius 2 is 2.15 bits per heavy atom. The van der Waals surface area contributed by atoms with Crippen LogP contribution in [0.4, 0.5) is 15.6 Å². The maximum absolute atomic E-state index is 11.8. The van der Waals surface area contributed by atoms with Gasteiger partial charge in [0, 0.05) is 26.5 Å². The van der Waals surface area contributed by atoms with Crippen LogP contribution in [0.2, 0.25) is 0 Å². The van der Waals surface area contributed by atoms with E-state index in [0.29, 0.717) is 10.3 Å². The average molecular weight is 418 g/mol. The van der Waals surface area contributed by atoms with Crippen LogP contribution in [0.3, 0.4) is 0 Å². The Morgan fingerprint density at radius 3 is 2.85 bits per heavy atom. The van der Waals surface area contributed by atoms with E-state index < -0.39 is 0 Å². The Labute approximate surface area is 138 Å². The second kappa shape index (κ2) is 7.60. The molecule has 2 rings (SSSR count). The van der Waals surface area contributed by atoms with Crippen LogP contribution in [0.25, 0.3) is 0 Å². The van der Waals surface area contributed by atoms with Gasteiger partial charge in [-0.25, -0.2) is 4.79 Å². The van der Waals surface area contributed by atoms with Gasteiger partial charge in [-0.3, -0.25) is 5.32 Å². The molecule has 0 saturated carbocycles. The van der Waals surface area contributed by atoms with Gasteiger partial charge in [-0.15, -0.1) is 6.58 Å². The van der Waals surface area contributed by atoms with Crippen molar-refractivity contribution >= 4 is 62.7 Å². The lowest BCUT2D eigenvalue weighted by Gasteiger charge is -2.04. The maximum Gasteiger partial charge on any atom is 0.325 e. The molecule has 20 heavy (non-hydrogen) atoms. The van der Waals surface area contributed by atoms with Crippen LogP contribution < -0.4 is 10.6 Å². The van der Waals surface area contributed by atoms with E-state index in [9.17, 15) is 4.79 Å². The number of carbonyl (C=O) groups excluding carboxylic acids is 1. The average Bonchev–Trinajstić information content (AvgIpc) is 2.86. The van der Waals surface area contributed by atoms with Crippen molar-refractivity contribution in [1.82, 2.24) is 9.36 Å². The van der Waals surface area contributed by atoms with Crippen LogP contribution in [-0.4, -0.2) is 21.1 Å². The summed E-state index contributed by atoms with van der Waals surface area (Å²) in [6.45, 7) is 3.63. The minimum Gasteiger partial charge on any atom is -0.308 e. The van der Waals surface area contributed by atoms with Crippen LogP contribution in [0.5, 0.6) is 0 Å². The Balaban J connectivity index is 1.89. The van der Waals surface area contributed by atoms with Gasteiger partial charge >= 0.3 is 6.03 Å². The number of rotatable bonds is 5. The number of urea groups is 1. The third-order valence-corrected chi connectivity index (χ3v) is 4.37. The van der Waals surface area contributed by atoms with E-state index in [2.05, 4.69) is 49.2 Å². The molecule has 8 heteroatoms. The van der Waals surface area contributed by atoms with Gasteiger partial charge in [-0.05, 0) is 46.9 Å². The van der Waals surface area contributed by atoms with E-state index in [4.69, 9.17) is 0 Å². The van der Waals surface area contributed by atoms with E-state index in [-0.39, 0.29) is 6.03 Å². The predicted molar refractivity (Wildman–Crippen MR) is 92.6 cm³/mol. The quantitative estimate of drug-likeness (QED) is 0.437. The fraction of sp³-hybridized carbons (Fsp3) is 0.0833. The van der Waals surface area contributed by atoms with Crippen molar-refractivity contribution in [2.45, 2.75) is 5.16 Å². The van der Waals surface area contributed by atoms with Gasteiger partial charge in [-0.2, -0.15) is 9.36 Å². The fourth-order valence-corrected chi connectivity index (χ4v) is 2.88. The first-order valence-corrected chi connectivity index (χ1v) is 8.42. The number of hydrogen-bond donors (Lipinski definition) is 2. The Morgan fingerprint density at radius 1 is 1.40 bits per heavy atom. The van der Waals surface area contributed by atoms with E-state index in [1.54, 1.807) is 6.08 Å². The van der Waals surface area contributed by atoms with Gasteiger partial charge in [0.2, 0.25) is 10.3 Å². The molecular weight excluding hydrogens is 407 g/mol. The van der Waals surface area contributed by atoms with Gasteiger partial charge in [0.25, 0.3) is 0 Å². The Hall–Kier alpha value is -1.13. The number of thioether (sulfide) groups is 1. The molecule has 2 aromatic rings. The second-order valence-corrected chi connectivity index (χ2v) is 6.55. The third kappa shape index (κ3) is 4.76. The molecule has 0 aliphatic carbocycles. The summed E-state index contributed by atoms with van der Waals surface area (Å²) in [5.74, 6) is 0.741. The lowest BCUT2D eigenvalue weighted by atomic mass is 10.3. The number of hydrogen-bond acceptors (Lipinski definition) is 5. The van der Waals surface area contributed by atoms with Crippen LogP contribution in [0.1, 0.15) is 0 Å². The van der Waals surface area contributed by atoms with E-state index in [1.165, 1.54) is 11.8 Å². The maximum atomic E-state index is 11.8. The summed E-state index contributed by atoms with van der Waals surface area (Å²) in [5, 5.41) is 6.50. The molecule has 1 aromatic heterocycles. The highest BCUT2D eigenvalue weighted by atomic mass is 127. The van der Waals surface area contributed by atoms with E-state index in [1.807, 2.05) is 24.3 Å². The molecule has 104 valence electrons. The molecule has 5 nitrogen and oxygen atoms in total. The molecule has 0 fully saturated rings. The van der Waals surface area contributed by atoms with Crippen LogP contribution >= 0.6 is 45.9 Å². The Kier molecular flexibility index (Phi) is 5.80. The predicted octanol–water partition coefficient (Wildman–Crippen LogP) is 4.06. The van der Waals surface area contributed by atoms with Gasteiger partial charge < -0.3 is 5.32 Å². The molecular formula is C12H11IN4OS2. The van der Waals surface area contributed by atoms with Gasteiger partial charge in [-0.1, -0.05) is 17.8 Å². The minimum atomic E-state index is -0.331. The topological polar surface area (TPSA) is 66.9 Å². The number of amides is 2. The monoisotopic (exact) mass is 418 g/mol. The SMILES string of the molecule is C=CCSc1nsc(NC(=O)Nc2ccc(I)cc2)n1. The number of nitrogens with zero attached hydrogens (tertiary/aromatic N) is 2. The Bertz CT molecular complexity index is 600. The number of benzene rings is 1. The summed E-state index contributed by atoms with van der Waals surface area (Å²) in [6.07, 6.45) is 1.78. The standard InChI is InChI=1S/C12H11IN4OS2/c1-2-7-19-12-16-11(20-17-12)15-10(18)14-9-5-3-8(13)4-6-9/h2-6H,1,7H2,(H2,14,15,16,17,18). The highest BCUT2D eigenvalue weighted by Crippen LogP contribution is 2.20. The molecule has 2 N–H and O–H groups in total. The highest BCUT2D eigenvalue weighted by molar-refractivity contribution is 14.1. The largest absolute Gasteiger partial charge is 0.325 e. The van der Waals surface area contributed by atoms with Crippen molar-refractivity contribution in [1.29, 1.82) is 0 Å². The number of nitrogens with one attached hydrogen (secondary N) is 2. The molecule has 0 saturated heterocycles. The lowest BCUT2D eigenvalue weighted by Crippen LogP contribution is -2.19. The van der Waals surface area contributed by atoms with Gasteiger partial charge in [0.15, 0.2) is 0 Å². The summed E-state index contributed by atoms with van der Waals surface area (Å²) in [5.41, 5.74) is 0.730. The fourth-order valence-electron chi connectivity index (χ4n) is 1.25. The first kappa shape index (κ1) is 15.3. The highest BCUT2D eigenvalue weighted by Gasteiger charge is 2.08. The summed E-state index contributed by atoms with van der Waals surface area (Å²) in [4.78, 5) is 16.0. The molecule has 0 bridgehead atoms. The summed E-state index contributed by atoms with van der Waals surface area (Å²) in [7, 11) is 0. The first-order chi connectivity index (χ1) is 9.67. The zero-order valence-electron chi connectivity index (χ0n) is 10.3. The zero-order valence-corrected chi connectivity index (χ0v) is 14.1. The minimum absolute atomic E-state index is 0.331. The molecule has 0 aliphatic heterocycles. The van der Waals surface area contributed by atoms with Gasteiger partial charge in [0.05, 0.1) is 0 Å². The smallest absolute Gasteiger partial charge is 0.308 e. The molecule has 1 heterocycles. The van der Waals surface area contributed by atoms with Crippen molar-refractivity contribution in [2.24, 2.45) is 0 Å². The van der Waals surface area contributed by atoms with Crippen molar-refractivity contribution in [3.8, 4) is 0 Å². The molecule has 0 spiro atoms. The third-order valence-electron chi connectivity index (χ3n) is 2.06. The lowest BCUT2D eigenvalue weighted by molar-refractivity contribution is 0.262. The molecule has 0 aliphatic rings. The molecule has 0 atom stereocenters. The molecule has 1 aromatic carbocycles. The molecule has 0 unspecified atom stereocenters. The molecule has 2 amide bonds. The summed E-state index contributed by atoms with van der Waals surface area (Å²) < 4.78 is 5.24. The van der Waals surface area contributed by atoms with Crippen molar-refractivity contribution in [2.75, 3.05) is 16.4 Å². The number of aromatic nitrogens is 2. The van der Waals surface area contributed by atoms with Crippen LogP contribution in [0, 0.1) is 3.57 Å². The van der Waals surface area contributed by atoms with Crippen LogP contribution in [-0.2, 0) is 0 Å².